The highest BCUT2D eigenvalue weighted by Gasteiger charge is 2.33. The second-order valence-electron chi connectivity index (χ2n) is 6.99. The molecule has 6 nitrogen and oxygen atoms in total. The van der Waals surface area contributed by atoms with Crippen molar-refractivity contribution in [2.75, 3.05) is 26.9 Å². The summed E-state index contributed by atoms with van der Waals surface area (Å²) in [4.78, 5) is 7.16. The lowest BCUT2D eigenvalue weighted by Crippen LogP contribution is -2.44. The molecule has 2 atom stereocenters. The number of rotatable bonds is 5. The van der Waals surface area contributed by atoms with Gasteiger partial charge in [0.15, 0.2) is 11.5 Å². The lowest BCUT2D eigenvalue weighted by Gasteiger charge is -2.26. The van der Waals surface area contributed by atoms with E-state index < -0.39 is 0 Å². The van der Waals surface area contributed by atoms with Gasteiger partial charge < -0.3 is 24.8 Å². The Kier molecular flexibility index (Phi) is 4.66. The number of pyridine rings is 1. The molecule has 2 aliphatic rings. The highest BCUT2D eigenvalue weighted by atomic mass is 16.5. The van der Waals surface area contributed by atoms with Crippen LogP contribution in [0.15, 0.2) is 30.3 Å². The van der Waals surface area contributed by atoms with E-state index in [4.69, 9.17) is 14.5 Å². The summed E-state index contributed by atoms with van der Waals surface area (Å²) in [5, 5.41) is 16.2. The first-order valence-electron chi connectivity index (χ1n) is 9.29. The molecule has 142 valence electrons. The number of nitrogens with zero attached hydrogens (tertiary/aromatic N) is 2. The van der Waals surface area contributed by atoms with Gasteiger partial charge in [0, 0.05) is 36.5 Å². The first-order valence-corrected chi connectivity index (χ1v) is 9.29. The standard InChI is InChI=1S/C21H25N3O3/c1-13-14(2)24-10-9-16-18(21(24)22-13)23-17(15-7-5-4-6-8-15)19(25)20(16)27-12-11-26-3/h4-9,13-14,22,25H,10-12H2,1-3H3. The van der Waals surface area contributed by atoms with Crippen molar-refractivity contribution >= 4 is 11.9 Å². The van der Waals surface area contributed by atoms with Gasteiger partial charge in [0.1, 0.15) is 23.5 Å². The van der Waals surface area contributed by atoms with Crippen molar-refractivity contribution < 1.29 is 14.6 Å². The Hall–Kier alpha value is -2.73. The molecular formula is C21H25N3O3. The summed E-state index contributed by atoms with van der Waals surface area (Å²) in [6, 6.07) is 10.4. The minimum absolute atomic E-state index is 0.0699. The number of benzene rings is 1. The van der Waals surface area contributed by atoms with Gasteiger partial charge in [0.05, 0.1) is 6.61 Å². The monoisotopic (exact) mass is 367 g/mol. The second kappa shape index (κ2) is 7.12. The predicted octanol–water partition coefficient (Wildman–Crippen LogP) is 1.02. The number of hydrogen-bond acceptors (Lipinski definition) is 6. The molecular weight excluding hydrogens is 342 g/mol. The van der Waals surface area contributed by atoms with Crippen molar-refractivity contribution in [1.29, 1.82) is 0 Å². The molecule has 2 N–H and O–H groups in total. The Bertz CT molecular complexity index is 959. The molecule has 2 aliphatic heterocycles. The maximum atomic E-state index is 11.0. The summed E-state index contributed by atoms with van der Waals surface area (Å²) >= 11 is 0. The highest BCUT2D eigenvalue weighted by molar-refractivity contribution is 5.71. The lowest BCUT2D eigenvalue weighted by atomic mass is 10.1. The van der Waals surface area contributed by atoms with E-state index in [0.717, 1.165) is 28.5 Å². The Morgan fingerprint density at radius 3 is 2.74 bits per heavy atom. The van der Waals surface area contributed by atoms with Gasteiger partial charge in [0.25, 0.3) is 0 Å². The molecule has 0 spiro atoms. The van der Waals surface area contributed by atoms with Crippen molar-refractivity contribution in [2.24, 2.45) is 0 Å². The zero-order valence-corrected chi connectivity index (χ0v) is 15.9. The predicted molar refractivity (Wildman–Crippen MR) is 105 cm³/mol. The van der Waals surface area contributed by atoms with Crippen LogP contribution in [-0.4, -0.2) is 53.9 Å². The molecule has 1 saturated heterocycles. The van der Waals surface area contributed by atoms with E-state index in [1.807, 2.05) is 30.3 Å². The molecule has 1 aromatic carbocycles. The minimum atomic E-state index is 0.0699. The summed E-state index contributed by atoms with van der Waals surface area (Å²) in [6.45, 7) is 5.95. The third-order valence-electron chi connectivity index (χ3n) is 5.33. The van der Waals surface area contributed by atoms with Crippen LogP contribution in [-0.2, 0) is 4.74 Å². The van der Waals surface area contributed by atoms with E-state index in [0.29, 0.717) is 36.7 Å². The molecule has 0 amide bonds. The maximum absolute atomic E-state index is 11.0. The number of aromatic hydroxyl groups is 1. The van der Waals surface area contributed by atoms with E-state index >= 15 is 0 Å². The SMILES string of the molecule is COCCOc1c(O)c(-c2ccccc2)nc2c1=CCN1C=2NC(C)C1C. The largest absolute Gasteiger partial charge is 0.503 e. The van der Waals surface area contributed by atoms with Crippen molar-refractivity contribution in [1.82, 2.24) is 15.2 Å². The Morgan fingerprint density at radius 2 is 2.00 bits per heavy atom. The zero-order chi connectivity index (χ0) is 19.0. The Labute approximate surface area is 158 Å². The topological polar surface area (TPSA) is 66.8 Å². The summed E-state index contributed by atoms with van der Waals surface area (Å²) in [5.74, 6) is 1.54. The van der Waals surface area contributed by atoms with Crippen LogP contribution in [0.3, 0.4) is 0 Å². The Balaban J connectivity index is 1.95. The summed E-state index contributed by atoms with van der Waals surface area (Å²) in [5.41, 5.74) is 1.38. The molecule has 6 heteroatoms. The number of fused-ring (bicyclic) bond motifs is 2. The molecule has 27 heavy (non-hydrogen) atoms. The first-order chi connectivity index (χ1) is 13.1. The average Bonchev–Trinajstić information content (AvgIpc) is 2.98. The number of hydrogen-bond donors (Lipinski definition) is 2. The van der Waals surface area contributed by atoms with Gasteiger partial charge in [-0.1, -0.05) is 36.4 Å². The van der Waals surface area contributed by atoms with Gasteiger partial charge in [-0.3, -0.25) is 0 Å². The fourth-order valence-corrected chi connectivity index (χ4v) is 3.65. The fourth-order valence-electron chi connectivity index (χ4n) is 3.65. The smallest absolute Gasteiger partial charge is 0.185 e. The quantitative estimate of drug-likeness (QED) is 0.770. The average molecular weight is 367 g/mol. The van der Waals surface area contributed by atoms with Gasteiger partial charge in [-0.05, 0) is 13.8 Å². The van der Waals surface area contributed by atoms with E-state index in [1.54, 1.807) is 7.11 Å². The summed E-state index contributed by atoms with van der Waals surface area (Å²) in [6.07, 6.45) is 2.08. The van der Waals surface area contributed by atoms with Gasteiger partial charge in [0.2, 0.25) is 0 Å². The molecule has 2 unspecified atom stereocenters. The molecule has 0 saturated carbocycles. The van der Waals surface area contributed by atoms with Crippen LogP contribution in [0.1, 0.15) is 13.8 Å². The number of ether oxygens (including phenoxy) is 2. The number of methoxy groups -OCH3 is 1. The van der Waals surface area contributed by atoms with E-state index in [-0.39, 0.29) is 5.75 Å². The molecule has 1 fully saturated rings. The normalized spacial score (nSPS) is 20.6. The summed E-state index contributed by atoms with van der Waals surface area (Å²) < 4.78 is 11.0. The number of nitrogens with one attached hydrogen (secondary N) is 1. The maximum Gasteiger partial charge on any atom is 0.185 e. The third-order valence-corrected chi connectivity index (χ3v) is 5.33. The summed E-state index contributed by atoms with van der Waals surface area (Å²) in [7, 11) is 1.63. The van der Waals surface area contributed by atoms with Crippen LogP contribution in [0.2, 0.25) is 0 Å². The fraction of sp³-hybridized carbons (Fsp3) is 0.381. The molecule has 0 radical (unpaired) electrons. The van der Waals surface area contributed by atoms with Crippen LogP contribution in [0, 0.1) is 0 Å². The van der Waals surface area contributed by atoms with Gasteiger partial charge in [-0.2, -0.15) is 0 Å². The van der Waals surface area contributed by atoms with E-state index in [1.165, 1.54) is 0 Å². The molecule has 0 bridgehead atoms. The second-order valence-corrected chi connectivity index (χ2v) is 6.99. The zero-order valence-electron chi connectivity index (χ0n) is 15.9. The van der Waals surface area contributed by atoms with Crippen molar-refractivity contribution in [2.45, 2.75) is 25.9 Å². The number of aromatic nitrogens is 1. The molecule has 2 aromatic rings. The molecule has 3 heterocycles. The van der Waals surface area contributed by atoms with Crippen LogP contribution < -0.4 is 20.6 Å². The molecule has 1 aromatic heterocycles. The van der Waals surface area contributed by atoms with Gasteiger partial charge in [-0.25, -0.2) is 4.98 Å². The third kappa shape index (κ3) is 3.00. The van der Waals surface area contributed by atoms with Crippen LogP contribution >= 0.6 is 0 Å². The van der Waals surface area contributed by atoms with Crippen molar-refractivity contribution in [3.05, 3.63) is 40.9 Å². The minimum Gasteiger partial charge on any atom is -0.503 e. The highest BCUT2D eigenvalue weighted by Crippen LogP contribution is 2.32. The van der Waals surface area contributed by atoms with E-state index in [2.05, 4.69) is 30.1 Å². The van der Waals surface area contributed by atoms with Crippen molar-refractivity contribution in [3.8, 4) is 22.8 Å². The van der Waals surface area contributed by atoms with Gasteiger partial charge >= 0.3 is 0 Å². The van der Waals surface area contributed by atoms with Crippen LogP contribution in [0.5, 0.6) is 11.5 Å². The Morgan fingerprint density at radius 1 is 1.22 bits per heavy atom. The van der Waals surface area contributed by atoms with Crippen LogP contribution in [0.4, 0.5) is 0 Å². The molecule has 4 rings (SSSR count). The van der Waals surface area contributed by atoms with Crippen LogP contribution in [0.25, 0.3) is 23.2 Å². The lowest BCUT2D eigenvalue weighted by molar-refractivity contribution is 0.143. The van der Waals surface area contributed by atoms with Gasteiger partial charge in [-0.15, -0.1) is 0 Å². The first kappa shape index (κ1) is 17.7. The van der Waals surface area contributed by atoms with E-state index in [9.17, 15) is 5.11 Å². The molecule has 0 aliphatic carbocycles. The van der Waals surface area contributed by atoms with Crippen molar-refractivity contribution in [3.63, 3.8) is 0 Å².